The van der Waals surface area contributed by atoms with E-state index >= 15 is 0 Å². The summed E-state index contributed by atoms with van der Waals surface area (Å²) >= 11 is 0. The maximum absolute atomic E-state index is 6.19. The summed E-state index contributed by atoms with van der Waals surface area (Å²) in [5, 5.41) is 8.12. The first-order valence-corrected chi connectivity index (χ1v) is 7.68. The van der Waals surface area contributed by atoms with E-state index < -0.39 is 0 Å². The molecule has 1 aromatic rings. The lowest BCUT2D eigenvalue weighted by Gasteiger charge is -2.29. The quantitative estimate of drug-likeness (QED) is 0.877. The van der Waals surface area contributed by atoms with Crippen LogP contribution in [0.4, 0.5) is 11.5 Å². The van der Waals surface area contributed by atoms with E-state index in [1.165, 1.54) is 25.7 Å². The fourth-order valence-electron chi connectivity index (χ4n) is 4.26. The average Bonchev–Trinajstić information content (AvgIpc) is 3.08. The highest BCUT2D eigenvalue weighted by molar-refractivity contribution is 5.65. The van der Waals surface area contributed by atoms with Gasteiger partial charge >= 0.3 is 0 Å². The van der Waals surface area contributed by atoms with Gasteiger partial charge in [-0.3, -0.25) is 4.68 Å². The third kappa shape index (κ3) is 2.11. The van der Waals surface area contributed by atoms with Gasteiger partial charge in [-0.2, -0.15) is 5.10 Å². The third-order valence-corrected chi connectivity index (χ3v) is 5.29. The molecular weight excluding hydrogens is 236 g/mol. The highest BCUT2D eigenvalue weighted by Crippen LogP contribution is 2.50. The first kappa shape index (κ1) is 12.8. The van der Waals surface area contributed by atoms with Gasteiger partial charge in [0.1, 0.15) is 5.82 Å². The van der Waals surface area contributed by atoms with E-state index in [0.717, 1.165) is 41.4 Å². The fraction of sp³-hybridized carbons (Fsp3) is 0.800. The molecular formula is C15H26N4. The van der Waals surface area contributed by atoms with Crippen LogP contribution in [0, 0.1) is 17.8 Å². The fourth-order valence-corrected chi connectivity index (χ4v) is 4.26. The summed E-state index contributed by atoms with van der Waals surface area (Å²) < 4.78 is 1.90. The van der Waals surface area contributed by atoms with Gasteiger partial charge in [0.2, 0.25) is 0 Å². The molecule has 1 heterocycles. The molecule has 0 radical (unpaired) electrons. The highest BCUT2D eigenvalue weighted by Gasteiger charge is 2.42. The minimum atomic E-state index is 0.498. The maximum Gasteiger partial charge on any atom is 0.147 e. The van der Waals surface area contributed by atoms with E-state index in [2.05, 4.69) is 24.3 Å². The number of hydrogen-bond donors (Lipinski definition) is 2. The third-order valence-electron chi connectivity index (χ3n) is 5.29. The number of hydrogen-bond acceptors (Lipinski definition) is 3. The lowest BCUT2D eigenvalue weighted by Crippen LogP contribution is -2.31. The summed E-state index contributed by atoms with van der Waals surface area (Å²) in [6.07, 6.45) is 6.64. The molecule has 0 aromatic carbocycles. The SMILES string of the molecule is CCc1nn(C)c(NC(C)C2CC3CCC2C3)c1N. The Kier molecular flexibility index (Phi) is 3.19. The summed E-state index contributed by atoms with van der Waals surface area (Å²) in [7, 11) is 1.98. The number of aryl methyl sites for hydroxylation is 2. The second kappa shape index (κ2) is 4.73. The molecule has 1 aromatic heterocycles. The van der Waals surface area contributed by atoms with Crippen molar-refractivity contribution in [1.82, 2.24) is 9.78 Å². The molecule has 0 amide bonds. The van der Waals surface area contributed by atoms with Crippen LogP contribution < -0.4 is 11.1 Å². The van der Waals surface area contributed by atoms with Crippen molar-refractivity contribution < 1.29 is 0 Å². The van der Waals surface area contributed by atoms with E-state index in [-0.39, 0.29) is 0 Å². The van der Waals surface area contributed by atoms with Crippen LogP contribution in [0.2, 0.25) is 0 Å². The van der Waals surface area contributed by atoms with Crippen LogP contribution in [0.3, 0.4) is 0 Å². The van der Waals surface area contributed by atoms with E-state index in [1.54, 1.807) is 0 Å². The van der Waals surface area contributed by atoms with Crippen molar-refractivity contribution in [2.24, 2.45) is 24.8 Å². The van der Waals surface area contributed by atoms with Crippen LogP contribution in [-0.2, 0) is 13.5 Å². The van der Waals surface area contributed by atoms with Crippen LogP contribution in [0.25, 0.3) is 0 Å². The molecule has 4 nitrogen and oxygen atoms in total. The van der Waals surface area contributed by atoms with Gasteiger partial charge in [0.25, 0.3) is 0 Å². The van der Waals surface area contributed by atoms with Crippen LogP contribution in [-0.4, -0.2) is 15.8 Å². The Morgan fingerprint density at radius 3 is 2.74 bits per heavy atom. The Bertz CT molecular complexity index is 465. The van der Waals surface area contributed by atoms with Gasteiger partial charge in [0.05, 0.1) is 11.4 Å². The zero-order valence-corrected chi connectivity index (χ0v) is 12.3. The van der Waals surface area contributed by atoms with Crippen molar-refractivity contribution in [2.75, 3.05) is 11.1 Å². The number of nitrogens with zero attached hydrogens (tertiary/aromatic N) is 2. The number of anilines is 2. The topological polar surface area (TPSA) is 55.9 Å². The monoisotopic (exact) mass is 262 g/mol. The van der Waals surface area contributed by atoms with Gasteiger partial charge in [-0.05, 0) is 50.4 Å². The van der Waals surface area contributed by atoms with Gasteiger partial charge < -0.3 is 11.1 Å². The molecule has 19 heavy (non-hydrogen) atoms. The lowest BCUT2D eigenvalue weighted by atomic mass is 9.84. The van der Waals surface area contributed by atoms with Crippen molar-refractivity contribution >= 4 is 11.5 Å². The smallest absolute Gasteiger partial charge is 0.147 e. The van der Waals surface area contributed by atoms with E-state index in [9.17, 15) is 0 Å². The molecule has 4 heteroatoms. The molecule has 4 unspecified atom stereocenters. The second-order valence-electron chi connectivity index (χ2n) is 6.46. The first-order valence-electron chi connectivity index (χ1n) is 7.68. The molecule has 2 bridgehead atoms. The van der Waals surface area contributed by atoms with Crippen molar-refractivity contribution in [2.45, 2.75) is 52.0 Å². The van der Waals surface area contributed by atoms with Gasteiger partial charge in [0, 0.05) is 13.1 Å². The Labute approximate surface area is 115 Å². The van der Waals surface area contributed by atoms with Crippen LogP contribution in [0.15, 0.2) is 0 Å². The zero-order valence-electron chi connectivity index (χ0n) is 12.3. The Hall–Kier alpha value is -1.19. The summed E-state index contributed by atoms with van der Waals surface area (Å²) in [5.41, 5.74) is 8.03. The minimum absolute atomic E-state index is 0.498. The Morgan fingerprint density at radius 1 is 1.42 bits per heavy atom. The molecule has 3 rings (SSSR count). The number of aromatic nitrogens is 2. The van der Waals surface area contributed by atoms with Crippen LogP contribution in [0.5, 0.6) is 0 Å². The number of nitrogens with one attached hydrogen (secondary N) is 1. The number of nitrogen functional groups attached to an aromatic ring is 1. The Morgan fingerprint density at radius 2 is 2.21 bits per heavy atom. The van der Waals surface area contributed by atoms with E-state index in [1.807, 2.05) is 11.7 Å². The molecule has 3 N–H and O–H groups in total. The normalized spacial score (nSPS) is 30.8. The average molecular weight is 262 g/mol. The number of fused-ring (bicyclic) bond motifs is 2. The molecule has 0 spiro atoms. The summed E-state index contributed by atoms with van der Waals surface area (Å²) in [6.45, 7) is 4.41. The summed E-state index contributed by atoms with van der Waals surface area (Å²) in [4.78, 5) is 0. The second-order valence-corrected chi connectivity index (χ2v) is 6.46. The molecule has 2 aliphatic rings. The number of nitrogens with two attached hydrogens (primary N) is 1. The van der Waals surface area contributed by atoms with Gasteiger partial charge in [-0.25, -0.2) is 0 Å². The molecule has 0 saturated heterocycles. The van der Waals surface area contributed by atoms with Crippen molar-refractivity contribution in [3.8, 4) is 0 Å². The molecule has 106 valence electrons. The lowest BCUT2D eigenvalue weighted by molar-refractivity contribution is 0.303. The molecule has 2 fully saturated rings. The van der Waals surface area contributed by atoms with Gasteiger partial charge in [-0.1, -0.05) is 13.3 Å². The van der Waals surface area contributed by atoms with Crippen molar-refractivity contribution in [3.05, 3.63) is 5.69 Å². The van der Waals surface area contributed by atoms with E-state index in [0.29, 0.717) is 6.04 Å². The van der Waals surface area contributed by atoms with Crippen LogP contribution >= 0.6 is 0 Å². The van der Waals surface area contributed by atoms with Gasteiger partial charge in [0.15, 0.2) is 0 Å². The standard InChI is InChI=1S/C15H26N4/c1-4-13-14(16)15(19(3)18-13)17-9(2)12-8-10-5-6-11(12)7-10/h9-12,17H,4-8,16H2,1-3H3. The predicted octanol–water partition coefficient (Wildman–Crippen LogP) is 2.80. The first-order chi connectivity index (χ1) is 9.10. The molecule has 2 aliphatic carbocycles. The largest absolute Gasteiger partial charge is 0.394 e. The highest BCUT2D eigenvalue weighted by atomic mass is 15.3. The van der Waals surface area contributed by atoms with E-state index in [4.69, 9.17) is 5.73 Å². The maximum atomic E-state index is 6.19. The summed E-state index contributed by atoms with van der Waals surface area (Å²) in [6, 6.07) is 0.498. The van der Waals surface area contributed by atoms with Gasteiger partial charge in [-0.15, -0.1) is 0 Å². The number of rotatable bonds is 4. The molecule has 4 atom stereocenters. The zero-order chi connectivity index (χ0) is 13.6. The summed E-state index contributed by atoms with van der Waals surface area (Å²) in [5.74, 6) is 3.76. The Balaban J connectivity index is 1.73. The van der Waals surface area contributed by atoms with Crippen molar-refractivity contribution in [3.63, 3.8) is 0 Å². The van der Waals surface area contributed by atoms with Crippen molar-refractivity contribution in [1.29, 1.82) is 0 Å². The van der Waals surface area contributed by atoms with Crippen LogP contribution in [0.1, 0.15) is 45.2 Å². The predicted molar refractivity (Wildman–Crippen MR) is 79.0 cm³/mol. The minimum Gasteiger partial charge on any atom is -0.394 e. The molecule has 2 saturated carbocycles. The molecule has 0 aliphatic heterocycles.